The number of esters is 1. The van der Waals surface area contributed by atoms with E-state index in [1.165, 1.54) is 18.9 Å². The van der Waals surface area contributed by atoms with E-state index in [2.05, 4.69) is 9.84 Å². The van der Waals surface area contributed by atoms with Gasteiger partial charge in [0, 0.05) is 5.92 Å². The third-order valence-electron chi connectivity index (χ3n) is 3.95. The van der Waals surface area contributed by atoms with Crippen LogP contribution in [0.2, 0.25) is 0 Å². The lowest BCUT2D eigenvalue weighted by atomic mass is 10.3. The summed E-state index contributed by atoms with van der Waals surface area (Å²) in [6, 6.07) is 13.4. The molecule has 128 valence electrons. The number of hydrogen-bond acceptors (Lipinski definition) is 6. The van der Waals surface area contributed by atoms with Gasteiger partial charge in [-0.05, 0) is 37.1 Å². The van der Waals surface area contributed by atoms with E-state index in [1.807, 2.05) is 35.0 Å². The molecule has 0 radical (unpaired) electrons. The summed E-state index contributed by atoms with van der Waals surface area (Å²) in [6.07, 6.45) is 2.33. The normalized spacial score (nSPS) is 13.8. The highest BCUT2D eigenvalue weighted by Gasteiger charge is 2.30. The van der Waals surface area contributed by atoms with Crippen molar-refractivity contribution in [3.05, 3.63) is 59.8 Å². The first kappa shape index (κ1) is 16.0. The number of carbonyl (C=O) groups is 1. The summed E-state index contributed by atoms with van der Waals surface area (Å²) >= 11 is 1.49. The molecule has 0 amide bonds. The van der Waals surface area contributed by atoms with Crippen molar-refractivity contribution >= 4 is 17.7 Å². The fraction of sp³-hybridized carbons (Fsp3) is 0.278. The van der Waals surface area contributed by atoms with Gasteiger partial charge in [-0.25, -0.2) is 14.5 Å². The fourth-order valence-electron chi connectivity index (χ4n) is 2.53. The molecule has 1 aliphatic rings. The summed E-state index contributed by atoms with van der Waals surface area (Å²) < 4.78 is 12.1. The first-order chi connectivity index (χ1) is 12.2. The van der Waals surface area contributed by atoms with E-state index in [0.717, 1.165) is 24.4 Å². The topological polar surface area (TPSA) is 70.2 Å². The van der Waals surface area contributed by atoms with Crippen LogP contribution in [0.5, 0.6) is 0 Å². The van der Waals surface area contributed by atoms with Crippen molar-refractivity contribution in [2.24, 2.45) is 0 Å². The van der Waals surface area contributed by atoms with Crippen molar-refractivity contribution in [1.82, 2.24) is 14.8 Å². The quantitative estimate of drug-likeness (QED) is 0.494. The molecular weight excluding hydrogens is 338 g/mol. The third-order valence-corrected chi connectivity index (χ3v) is 4.81. The van der Waals surface area contributed by atoms with E-state index in [9.17, 15) is 4.79 Å². The van der Waals surface area contributed by atoms with E-state index in [-0.39, 0.29) is 5.76 Å². The number of thioether (sulfide) groups is 1. The van der Waals surface area contributed by atoms with Gasteiger partial charge in [0.2, 0.25) is 10.9 Å². The van der Waals surface area contributed by atoms with Gasteiger partial charge in [0.25, 0.3) is 0 Å². The number of rotatable bonds is 6. The van der Waals surface area contributed by atoms with Crippen LogP contribution < -0.4 is 0 Å². The van der Waals surface area contributed by atoms with Crippen molar-refractivity contribution in [2.75, 3.05) is 7.11 Å². The Bertz CT molecular complexity index is 884. The number of carbonyl (C=O) groups excluding carboxylic acids is 1. The summed E-state index contributed by atoms with van der Waals surface area (Å²) in [6.45, 7) is 0. The van der Waals surface area contributed by atoms with Crippen molar-refractivity contribution in [3.63, 3.8) is 0 Å². The summed E-state index contributed by atoms with van der Waals surface area (Å²) in [4.78, 5) is 16.1. The zero-order valence-electron chi connectivity index (χ0n) is 13.7. The van der Waals surface area contributed by atoms with Crippen molar-refractivity contribution < 1.29 is 13.9 Å². The molecule has 4 rings (SSSR count). The fourth-order valence-corrected chi connectivity index (χ4v) is 3.26. The number of aromatic nitrogens is 3. The number of nitrogens with zero attached hydrogens (tertiary/aromatic N) is 3. The van der Waals surface area contributed by atoms with Crippen LogP contribution in [0.15, 0.2) is 52.0 Å². The third kappa shape index (κ3) is 3.46. The molecule has 6 nitrogen and oxygen atoms in total. The molecule has 0 atom stereocenters. The Morgan fingerprint density at radius 1 is 1.28 bits per heavy atom. The lowest BCUT2D eigenvalue weighted by molar-refractivity contribution is 0.0563. The SMILES string of the molecule is COC(=O)c1ccc(CSc2nc(C3CC3)n(-c3ccccc3)n2)o1. The van der Waals surface area contributed by atoms with Crippen LogP contribution in [-0.4, -0.2) is 27.8 Å². The molecular formula is C18H17N3O3S. The van der Waals surface area contributed by atoms with Crippen LogP contribution in [0.1, 0.15) is 40.9 Å². The smallest absolute Gasteiger partial charge is 0.373 e. The van der Waals surface area contributed by atoms with Crippen LogP contribution in [0.25, 0.3) is 5.69 Å². The zero-order valence-corrected chi connectivity index (χ0v) is 14.5. The minimum Gasteiger partial charge on any atom is -0.463 e. The van der Waals surface area contributed by atoms with Gasteiger partial charge >= 0.3 is 5.97 Å². The average molecular weight is 355 g/mol. The van der Waals surface area contributed by atoms with E-state index >= 15 is 0 Å². The molecule has 0 saturated heterocycles. The van der Waals surface area contributed by atoms with Gasteiger partial charge in [0.1, 0.15) is 11.6 Å². The van der Waals surface area contributed by atoms with Crippen molar-refractivity contribution in [3.8, 4) is 5.69 Å². The van der Waals surface area contributed by atoms with E-state index in [1.54, 1.807) is 12.1 Å². The van der Waals surface area contributed by atoms with Gasteiger partial charge in [-0.3, -0.25) is 0 Å². The molecule has 0 unspecified atom stereocenters. The highest BCUT2D eigenvalue weighted by molar-refractivity contribution is 7.98. The molecule has 1 aliphatic carbocycles. The molecule has 2 heterocycles. The molecule has 1 fully saturated rings. The van der Waals surface area contributed by atoms with Gasteiger partial charge in [0.15, 0.2) is 0 Å². The number of furan rings is 1. The Labute approximate surface area is 149 Å². The van der Waals surface area contributed by atoms with Crippen LogP contribution in [0, 0.1) is 0 Å². The Morgan fingerprint density at radius 2 is 2.08 bits per heavy atom. The van der Waals surface area contributed by atoms with Gasteiger partial charge in [-0.2, -0.15) is 0 Å². The van der Waals surface area contributed by atoms with E-state index < -0.39 is 5.97 Å². The molecule has 2 aromatic heterocycles. The van der Waals surface area contributed by atoms with E-state index in [0.29, 0.717) is 22.6 Å². The van der Waals surface area contributed by atoms with Crippen LogP contribution in [-0.2, 0) is 10.5 Å². The zero-order chi connectivity index (χ0) is 17.2. The molecule has 7 heteroatoms. The number of benzene rings is 1. The lowest BCUT2D eigenvalue weighted by Gasteiger charge is -2.03. The standard InChI is InChI=1S/C18H17N3O3S/c1-23-17(22)15-10-9-14(24-15)11-25-18-19-16(12-7-8-12)21(20-18)13-5-3-2-4-6-13/h2-6,9-10,12H,7-8,11H2,1H3. The highest BCUT2D eigenvalue weighted by Crippen LogP contribution is 2.40. The Kier molecular flexibility index (Phi) is 4.31. The predicted molar refractivity (Wildman–Crippen MR) is 92.9 cm³/mol. The molecule has 0 N–H and O–H groups in total. The highest BCUT2D eigenvalue weighted by atomic mass is 32.2. The monoisotopic (exact) mass is 355 g/mol. The Hall–Kier alpha value is -2.54. The number of para-hydroxylation sites is 1. The minimum atomic E-state index is -0.473. The summed E-state index contributed by atoms with van der Waals surface area (Å²) in [5, 5.41) is 5.36. The number of hydrogen-bond donors (Lipinski definition) is 0. The largest absolute Gasteiger partial charge is 0.463 e. The molecule has 25 heavy (non-hydrogen) atoms. The maximum absolute atomic E-state index is 11.4. The predicted octanol–water partition coefficient (Wildman–Crippen LogP) is 3.82. The average Bonchev–Trinajstić information content (AvgIpc) is 3.23. The Morgan fingerprint density at radius 3 is 2.80 bits per heavy atom. The lowest BCUT2D eigenvalue weighted by Crippen LogP contribution is -2.01. The minimum absolute atomic E-state index is 0.208. The van der Waals surface area contributed by atoms with Crippen LogP contribution >= 0.6 is 11.8 Å². The summed E-state index contributed by atoms with van der Waals surface area (Å²) in [5.74, 6) is 2.49. The van der Waals surface area contributed by atoms with Gasteiger partial charge in [0.05, 0.1) is 18.6 Å². The first-order valence-corrected chi connectivity index (χ1v) is 9.05. The molecule has 0 spiro atoms. The second-order valence-electron chi connectivity index (χ2n) is 5.82. The molecule has 1 saturated carbocycles. The van der Waals surface area contributed by atoms with Crippen molar-refractivity contribution in [2.45, 2.75) is 29.7 Å². The second kappa shape index (κ2) is 6.76. The second-order valence-corrected chi connectivity index (χ2v) is 6.76. The number of ether oxygens (including phenoxy) is 1. The molecule has 0 bridgehead atoms. The van der Waals surface area contributed by atoms with Crippen LogP contribution in [0.3, 0.4) is 0 Å². The molecule has 3 aromatic rings. The maximum atomic E-state index is 11.4. The van der Waals surface area contributed by atoms with Gasteiger partial charge in [-0.1, -0.05) is 30.0 Å². The Balaban J connectivity index is 1.51. The summed E-state index contributed by atoms with van der Waals surface area (Å²) in [7, 11) is 1.33. The van der Waals surface area contributed by atoms with Crippen molar-refractivity contribution in [1.29, 1.82) is 0 Å². The molecule has 1 aromatic carbocycles. The first-order valence-electron chi connectivity index (χ1n) is 8.07. The number of methoxy groups -OCH3 is 1. The van der Waals surface area contributed by atoms with Gasteiger partial charge in [-0.15, -0.1) is 5.10 Å². The maximum Gasteiger partial charge on any atom is 0.373 e. The van der Waals surface area contributed by atoms with E-state index in [4.69, 9.17) is 9.40 Å². The van der Waals surface area contributed by atoms with Gasteiger partial charge < -0.3 is 9.15 Å². The summed E-state index contributed by atoms with van der Waals surface area (Å²) in [5.41, 5.74) is 1.02. The van der Waals surface area contributed by atoms with Crippen LogP contribution in [0.4, 0.5) is 0 Å². The molecule has 0 aliphatic heterocycles.